The highest BCUT2D eigenvalue weighted by Crippen LogP contribution is 2.41. The summed E-state index contributed by atoms with van der Waals surface area (Å²) in [6, 6.07) is 7.60. The van der Waals surface area contributed by atoms with E-state index in [2.05, 4.69) is 50.3 Å². The molecule has 2 heterocycles. The first kappa shape index (κ1) is 29.0. The SMILES string of the molecule is Cc1c(C)c2c(c(C)c1CCCCCCI)CCC(C)(COc1ccc(/C=C3\SC(=O)N(C)C3=O)cc1)O2. The molecular formula is C31H38INO4S. The molecule has 2 aromatic rings. The van der Waals surface area contributed by atoms with E-state index in [1.54, 1.807) is 6.08 Å². The van der Waals surface area contributed by atoms with Gasteiger partial charge in [-0.05, 0) is 128 Å². The molecule has 0 spiro atoms. The van der Waals surface area contributed by atoms with Crippen LogP contribution >= 0.6 is 34.4 Å². The van der Waals surface area contributed by atoms with E-state index in [0.717, 1.165) is 53.0 Å². The highest BCUT2D eigenvalue weighted by molar-refractivity contribution is 14.1. The van der Waals surface area contributed by atoms with Crippen molar-refractivity contribution in [2.75, 3.05) is 18.1 Å². The second-order valence-electron chi connectivity index (χ2n) is 10.7. The van der Waals surface area contributed by atoms with Gasteiger partial charge in [-0.2, -0.15) is 0 Å². The number of carbonyl (C=O) groups excluding carboxylic acids is 2. The third-order valence-electron chi connectivity index (χ3n) is 7.81. The number of unbranched alkanes of at least 4 members (excludes halogenated alkanes) is 3. The van der Waals surface area contributed by atoms with E-state index < -0.39 is 5.60 Å². The summed E-state index contributed by atoms with van der Waals surface area (Å²) in [5, 5.41) is -0.248. The molecule has 5 nitrogen and oxygen atoms in total. The predicted octanol–water partition coefficient (Wildman–Crippen LogP) is 7.98. The Kier molecular flexibility index (Phi) is 9.50. The van der Waals surface area contributed by atoms with E-state index in [4.69, 9.17) is 9.47 Å². The van der Waals surface area contributed by atoms with Gasteiger partial charge < -0.3 is 9.47 Å². The highest BCUT2D eigenvalue weighted by Gasteiger charge is 2.35. The third kappa shape index (κ3) is 6.41. The topological polar surface area (TPSA) is 55.8 Å². The summed E-state index contributed by atoms with van der Waals surface area (Å²) >= 11 is 3.43. The van der Waals surface area contributed by atoms with Crippen LogP contribution in [-0.4, -0.2) is 39.7 Å². The van der Waals surface area contributed by atoms with Gasteiger partial charge in [0, 0.05) is 7.05 Å². The molecule has 1 unspecified atom stereocenters. The van der Waals surface area contributed by atoms with Crippen molar-refractivity contribution in [3.8, 4) is 11.5 Å². The van der Waals surface area contributed by atoms with Crippen LogP contribution in [0.3, 0.4) is 0 Å². The van der Waals surface area contributed by atoms with Crippen molar-refractivity contribution in [2.45, 2.75) is 78.2 Å². The highest BCUT2D eigenvalue weighted by atomic mass is 127. The number of ether oxygens (including phenoxy) is 2. The Balaban J connectivity index is 1.40. The quantitative estimate of drug-likeness (QED) is 0.113. The molecule has 38 heavy (non-hydrogen) atoms. The maximum Gasteiger partial charge on any atom is 0.293 e. The molecule has 0 saturated carbocycles. The molecular weight excluding hydrogens is 609 g/mol. The summed E-state index contributed by atoms with van der Waals surface area (Å²) in [5.41, 5.74) is 7.38. The number of fused-ring (bicyclic) bond motifs is 1. The molecule has 0 bridgehead atoms. The van der Waals surface area contributed by atoms with Crippen LogP contribution in [0.5, 0.6) is 11.5 Å². The Morgan fingerprint density at radius 3 is 2.42 bits per heavy atom. The Morgan fingerprint density at radius 1 is 1.05 bits per heavy atom. The number of hydrogen-bond donors (Lipinski definition) is 0. The van der Waals surface area contributed by atoms with Crippen molar-refractivity contribution >= 4 is 51.6 Å². The van der Waals surface area contributed by atoms with Crippen LogP contribution < -0.4 is 9.47 Å². The zero-order valence-corrected chi connectivity index (χ0v) is 26.1. The molecule has 0 radical (unpaired) electrons. The van der Waals surface area contributed by atoms with Gasteiger partial charge in [0.05, 0.1) is 4.91 Å². The summed E-state index contributed by atoms with van der Waals surface area (Å²) in [5.74, 6) is 1.54. The first-order valence-electron chi connectivity index (χ1n) is 13.4. The Morgan fingerprint density at radius 2 is 1.76 bits per heavy atom. The number of alkyl halides is 1. The molecule has 0 aromatic heterocycles. The van der Waals surface area contributed by atoms with Gasteiger partial charge in [0.1, 0.15) is 23.7 Å². The second-order valence-corrected chi connectivity index (χ2v) is 12.7. The van der Waals surface area contributed by atoms with Gasteiger partial charge >= 0.3 is 0 Å². The summed E-state index contributed by atoms with van der Waals surface area (Å²) in [7, 11) is 1.50. The molecule has 1 saturated heterocycles. The number of nitrogens with zero attached hydrogens (tertiary/aromatic N) is 1. The summed E-state index contributed by atoms with van der Waals surface area (Å²) in [6.07, 6.45) is 9.99. The van der Waals surface area contributed by atoms with Crippen LogP contribution in [0.2, 0.25) is 0 Å². The second kappa shape index (κ2) is 12.5. The number of thioether (sulfide) groups is 1. The zero-order valence-electron chi connectivity index (χ0n) is 23.1. The number of hydrogen-bond acceptors (Lipinski definition) is 5. The lowest BCUT2D eigenvalue weighted by atomic mass is 9.84. The van der Waals surface area contributed by atoms with Crippen LogP contribution in [0, 0.1) is 20.8 Å². The monoisotopic (exact) mass is 647 g/mol. The summed E-state index contributed by atoms with van der Waals surface area (Å²) in [6.45, 7) is 9.31. The average Bonchev–Trinajstić information content (AvgIpc) is 3.14. The zero-order chi connectivity index (χ0) is 27.4. The van der Waals surface area contributed by atoms with Gasteiger partial charge in [-0.3, -0.25) is 14.5 Å². The van der Waals surface area contributed by atoms with E-state index in [1.807, 2.05) is 24.3 Å². The number of rotatable bonds is 10. The van der Waals surface area contributed by atoms with Gasteiger partial charge in [-0.1, -0.05) is 47.6 Å². The van der Waals surface area contributed by atoms with Crippen molar-refractivity contribution in [2.24, 2.45) is 0 Å². The molecule has 1 fully saturated rings. The lowest BCUT2D eigenvalue weighted by Crippen LogP contribution is -2.42. The minimum Gasteiger partial charge on any atom is -0.489 e. The molecule has 4 rings (SSSR count). The number of likely N-dealkylation sites (N-methyl/N-ethyl adjacent to an activating group) is 1. The standard InChI is InChI=1S/C31H38INO4S/c1-20-21(2)28-26(22(3)25(20)10-8-6-7-9-17-32)15-16-31(4,37-28)19-36-24-13-11-23(12-14-24)18-27-29(34)33(5)30(35)38-27/h11-14,18H,6-10,15-17,19H2,1-5H3/b27-18-. The number of benzene rings is 2. The first-order chi connectivity index (χ1) is 18.1. The molecule has 204 valence electrons. The fourth-order valence-corrected chi connectivity index (χ4v) is 6.57. The van der Waals surface area contributed by atoms with Gasteiger partial charge in [-0.25, -0.2) is 0 Å². The molecule has 2 aromatic carbocycles. The fourth-order valence-electron chi connectivity index (χ4n) is 5.20. The van der Waals surface area contributed by atoms with Crippen molar-refractivity contribution in [3.63, 3.8) is 0 Å². The van der Waals surface area contributed by atoms with Gasteiger partial charge in [0.25, 0.3) is 11.1 Å². The molecule has 1 atom stereocenters. The van der Waals surface area contributed by atoms with E-state index in [9.17, 15) is 9.59 Å². The maximum atomic E-state index is 12.1. The summed E-state index contributed by atoms with van der Waals surface area (Å²) < 4.78 is 14.1. The molecule has 2 amide bonds. The van der Waals surface area contributed by atoms with Crippen LogP contribution in [0.25, 0.3) is 6.08 Å². The lowest BCUT2D eigenvalue weighted by Gasteiger charge is -2.38. The first-order valence-corrected chi connectivity index (χ1v) is 15.8. The van der Waals surface area contributed by atoms with Crippen molar-refractivity contribution in [3.05, 3.63) is 62.6 Å². The minimum absolute atomic E-state index is 0.248. The lowest BCUT2D eigenvalue weighted by molar-refractivity contribution is -0.121. The van der Waals surface area contributed by atoms with E-state index >= 15 is 0 Å². The Bertz CT molecular complexity index is 1240. The molecule has 0 aliphatic carbocycles. The smallest absolute Gasteiger partial charge is 0.293 e. The average molecular weight is 648 g/mol. The molecule has 7 heteroatoms. The van der Waals surface area contributed by atoms with Crippen LogP contribution in [0.15, 0.2) is 29.2 Å². The minimum atomic E-state index is -0.407. The normalized spacial score (nSPS) is 20.2. The number of imide groups is 1. The number of amides is 2. The van der Waals surface area contributed by atoms with Crippen LogP contribution in [-0.2, 0) is 17.6 Å². The third-order valence-corrected chi connectivity index (χ3v) is 9.53. The van der Waals surface area contributed by atoms with Gasteiger partial charge in [-0.15, -0.1) is 0 Å². The van der Waals surface area contributed by atoms with Gasteiger partial charge in [0.15, 0.2) is 0 Å². The molecule has 2 aliphatic rings. The molecule has 0 N–H and O–H groups in total. The molecule has 2 aliphatic heterocycles. The van der Waals surface area contributed by atoms with Crippen molar-refractivity contribution in [1.82, 2.24) is 4.90 Å². The Hall–Kier alpha value is -2.00. The number of halogens is 1. The van der Waals surface area contributed by atoms with E-state index in [1.165, 1.54) is 65.0 Å². The van der Waals surface area contributed by atoms with Crippen molar-refractivity contribution < 1.29 is 19.1 Å². The summed E-state index contributed by atoms with van der Waals surface area (Å²) in [4.78, 5) is 25.4. The van der Waals surface area contributed by atoms with E-state index in [-0.39, 0.29) is 11.1 Å². The van der Waals surface area contributed by atoms with Crippen molar-refractivity contribution in [1.29, 1.82) is 0 Å². The maximum absolute atomic E-state index is 12.1. The Labute approximate surface area is 244 Å². The largest absolute Gasteiger partial charge is 0.489 e. The number of carbonyl (C=O) groups is 2. The predicted molar refractivity (Wildman–Crippen MR) is 165 cm³/mol. The van der Waals surface area contributed by atoms with E-state index in [0.29, 0.717) is 11.5 Å². The van der Waals surface area contributed by atoms with Gasteiger partial charge in [0.2, 0.25) is 0 Å². The van der Waals surface area contributed by atoms with Crippen LogP contribution in [0.1, 0.15) is 72.4 Å². The fraction of sp³-hybridized carbons (Fsp3) is 0.484. The van der Waals surface area contributed by atoms with Crippen LogP contribution in [0.4, 0.5) is 4.79 Å².